The lowest BCUT2D eigenvalue weighted by molar-refractivity contribution is -0.118. The van der Waals surface area contributed by atoms with Crippen LogP contribution in [0.25, 0.3) is 21.2 Å². The van der Waals surface area contributed by atoms with Gasteiger partial charge in [0.15, 0.2) is 5.13 Å². The van der Waals surface area contributed by atoms with E-state index in [0.29, 0.717) is 23.8 Å². The molecule has 3 atom stereocenters. The molecule has 5 nitrogen and oxygen atoms in total. The fourth-order valence-corrected chi connectivity index (χ4v) is 6.39. The molecule has 2 fully saturated rings. The fourth-order valence-electron chi connectivity index (χ4n) is 4.91. The van der Waals surface area contributed by atoms with Crippen molar-refractivity contribution in [1.29, 1.82) is 0 Å². The number of piperidine rings is 1. The average Bonchev–Trinajstić information content (AvgIpc) is 3.16. The second-order valence-corrected chi connectivity index (χ2v) is 10.4. The molecule has 7 heteroatoms. The van der Waals surface area contributed by atoms with Gasteiger partial charge in [0.25, 0.3) is 5.91 Å². The molecule has 0 bridgehead atoms. The number of nitrogens with one attached hydrogen (secondary N) is 1. The van der Waals surface area contributed by atoms with E-state index in [1.54, 1.807) is 6.20 Å². The summed E-state index contributed by atoms with van der Waals surface area (Å²) in [4.78, 5) is 33.3. The first-order valence-electron chi connectivity index (χ1n) is 10.9. The zero-order valence-electron chi connectivity index (χ0n) is 17.6. The number of nitrogens with zero attached hydrogens (tertiary/aromatic N) is 2. The highest BCUT2D eigenvalue weighted by Crippen LogP contribution is 2.52. The van der Waals surface area contributed by atoms with Crippen LogP contribution in [0, 0.1) is 17.8 Å². The number of thiazole rings is 1. The predicted octanol–water partition coefficient (Wildman–Crippen LogP) is 5.68. The van der Waals surface area contributed by atoms with Crippen LogP contribution in [0.2, 0.25) is 0 Å². The number of amides is 2. The molecule has 1 aliphatic heterocycles. The molecule has 2 amide bonds. The van der Waals surface area contributed by atoms with Crippen molar-refractivity contribution in [2.24, 2.45) is 17.8 Å². The number of anilines is 1. The molecule has 1 aliphatic carbocycles. The zero-order chi connectivity index (χ0) is 22.5. The van der Waals surface area contributed by atoms with Crippen LogP contribution in [0.5, 0.6) is 0 Å². The molecule has 1 N–H and O–H groups in total. The second kappa shape index (κ2) is 8.08. The Balaban J connectivity index is 1.10. The average molecular weight is 518 g/mol. The Morgan fingerprint density at radius 1 is 0.970 bits per heavy atom. The molecule has 1 saturated heterocycles. The van der Waals surface area contributed by atoms with Crippen LogP contribution in [0.15, 0.2) is 77.4 Å². The van der Waals surface area contributed by atoms with Crippen LogP contribution in [-0.4, -0.2) is 34.8 Å². The lowest BCUT2D eigenvalue weighted by atomic mass is 10.1. The normalized spacial score (nSPS) is 21.1. The summed E-state index contributed by atoms with van der Waals surface area (Å²) in [6.07, 6.45) is 1.80. The molecular weight excluding hydrogens is 498 g/mol. The molecule has 1 saturated carbocycles. The van der Waals surface area contributed by atoms with Crippen molar-refractivity contribution in [3.8, 4) is 10.4 Å². The fraction of sp³-hybridized carbons (Fsp3) is 0.192. The molecule has 1 unspecified atom stereocenters. The van der Waals surface area contributed by atoms with Gasteiger partial charge in [0, 0.05) is 29.7 Å². The first kappa shape index (κ1) is 20.6. The monoisotopic (exact) mass is 517 g/mol. The summed E-state index contributed by atoms with van der Waals surface area (Å²) in [7, 11) is 0. The minimum absolute atomic E-state index is 0.0120. The number of likely N-dealkylation sites (tertiary alicyclic amines) is 1. The molecule has 0 radical (unpaired) electrons. The van der Waals surface area contributed by atoms with Crippen molar-refractivity contribution in [2.45, 2.75) is 0 Å². The molecule has 33 heavy (non-hydrogen) atoms. The molecular formula is C26H20BrN3O2S. The van der Waals surface area contributed by atoms with Gasteiger partial charge in [-0.15, -0.1) is 0 Å². The van der Waals surface area contributed by atoms with E-state index in [2.05, 4.69) is 26.2 Å². The van der Waals surface area contributed by atoms with Gasteiger partial charge in [-0.2, -0.15) is 0 Å². The van der Waals surface area contributed by atoms with Crippen LogP contribution >= 0.6 is 27.3 Å². The van der Waals surface area contributed by atoms with Crippen molar-refractivity contribution in [2.75, 3.05) is 18.4 Å². The van der Waals surface area contributed by atoms with Gasteiger partial charge < -0.3 is 10.2 Å². The van der Waals surface area contributed by atoms with Crippen LogP contribution in [0.1, 0.15) is 10.4 Å². The topological polar surface area (TPSA) is 62.3 Å². The van der Waals surface area contributed by atoms with Gasteiger partial charge in [0.1, 0.15) is 0 Å². The molecule has 3 aromatic carbocycles. The third-order valence-corrected chi connectivity index (χ3v) is 8.49. The number of rotatable bonds is 4. The predicted molar refractivity (Wildman–Crippen MR) is 134 cm³/mol. The minimum Gasteiger partial charge on any atom is -0.338 e. The highest BCUT2D eigenvalue weighted by molar-refractivity contribution is 9.10. The van der Waals surface area contributed by atoms with Gasteiger partial charge in [-0.3, -0.25) is 9.59 Å². The molecule has 2 aliphatic rings. The van der Waals surface area contributed by atoms with Crippen molar-refractivity contribution in [3.63, 3.8) is 0 Å². The lowest BCUT2D eigenvalue weighted by Gasteiger charge is -2.21. The number of aromatic nitrogens is 1. The molecule has 4 aromatic rings. The Labute approximate surface area is 203 Å². The third kappa shape index (κ3) is 3.65. The van der Waals surface area contributed by atoms with Crippen molar-refractivity contribution in [3.05, 3.63) is 83.0 Å². The number of carbonyl (C=O) groups excluding carboxylic acids is 2. The van der Waals surface area contributed by atoms with Gasteiger partial charge in [-0.1, -0.05) is 72.0 Å². The van der Waals surface area contributed by atoms with Crippen LogP contribution in [0.4, 0.5) is 5.13 Å². The van der Waals surface area contributed by atoms with E-state index in [-0.39, 0.29) is 29.6 Å². The van der Waals surface area contributed by atoms with Crippen LogP contribution in [0.3, 0.4) is 0 Å². The van der Waals surface area contributed by atoms with Gasteiger partial charge >= 0.3 is 0 Å². The molecule has 164 valence electrons. The SMILES string of the molecule is O=C(Nc1ncc(-c2ccccc2)s1)C1[C@H]2CN(C(=O)c3ccc4ccccc4c3Br)C[C@@H]12. The van der Waals surface area contributed by atoms with Crippen LogP contribution < -0.4 is 5.32 Å². The highest BCUT2D eigenvalue weighted by atomic mass is 79.9. The summed E-state index contributed by atoms with van der Waals surface area (Å²) < 4.78 is 0.832. The summed E-state index contributed by atoms with van der Waals surface area (Å²) >= 11 is 5.11. The van der Waals surface area contributed by atoms with Crippen molar-refractivity contribution >= 4 is 55.0 Å². The molecule has 6 rings (SSSR count). The van der Waals surface area contributed by atoms with E-state index in [0.717, 1.165) is 25.7 Å². The molecule has 1 aromatic heterocycles. The largest absolute Gasteiger partial charge is 0.338 e. The van der Waals surface area contributed by atoms with E-state index < -0.39 is 0 Å². The maximum absolute atomic E-state index is 13.2. The Morgan fingerprint density at radius 3 is 2.48 bits per heavy atom. The summed E-state index contributed by atoms with van der Waals surface area (Å²) in [5.74, 6) is 0.436. The second-order valence-electron chi connectivity index (χ2n) is 8.60. The van der Waals surface area contributed by atoms with Gasteiger partial charge in [-0.05, 0) is 50.2 Å². The van der Waals surface area contributed by atoms with Crippen LogP contribution in [-0.2, 0) is 4.79 Å². The Kier molecular flexibility index (Phi) is 5.03. The summed E-state index contributed by atoms with van der Waals surface area (Å²) in [6, 6.07) is 21.9. The first-order valence-corrected chi connectivity index (χ1v) is 12.5. The molecule has 0 spiro atoms. The highest BCUT2D eigenvalue weighted by Gasteiger charge is 2.60. The van der Waals surface area contributed by atoms with E-state index in [1.165, 1.54) is 11.3 Å². The third-order valence-electron chi connectivity index (χ3n) is 6.67. The zero-order valence-corrected chi connectivity index (χ0v) is 20.0. The standard InChI is InChI=1S/C26H20BrN3O2S/c27-23-17-9-5-4-6-15(17)10-11-18(23)25(32)30-13-19-20(14-30)22(19)24(31)29-26-28-12-21(33-26)16-7-2-1-3-8-16/h1-12,19-20,22H,13-14H2,(H,28,29,31)/t19-,20+,22?. The minimum atomic E-state index is -0.0434. The van der Waals surface area contributed by atoms with E-state index >= 15 is 0 Å². The maximum Gasteiger partial charge on any atom is 0.255 e. The number of carbonyl (C=O) groups is 2. The Hall–Kier alpha value is -3.03. The number of halogens is 1. The Bertz CT molecular complexity index is 1370. The summed E-state index contributed by atoms with van der Waals surface area (Å²) in [5, 5.41) is 5.73. The van der Waals surface area contributed by atoms with E-state index in [4.69, 9.17) is 0 Å². The van der Waals surface area contributed by atoms with Gasteiger partial charge in [0.2, 0.25) is 5.91 Å². The van der Waals surface area contributed by atoms with Crippen molar-refractivity contribution < 1.29 is 9.59 Å². The van der Waals surface area contributed by atoms with Gasteiger partial charge in [0.05, 0.1) is 10.4 Å². The number of hydrogen-bond acceptors (Lipinski definition) is 4. The first-order chi connectivity index (χ1) is 16.1. The van der Waals surface area contributed by atoms with Crippen molar-refractivity contribution in [1.82, 2.24) is 9.88 Å². The number of hydrogen-bond donors (Lipinski definition) is 1. The van der Waals surface area contributed by atoms with E-state index in [9.17, 15) is 9.59 Å². The summed E-state index contributed by atoms with van der Waals surface area (Å²) in [5.41, 5.74) is 1.76. The quantitative estimate of drug-likeness (QED) is 0.378. The Morgan fingerprint density at radius 2 is 1.70 bits per heavy atom. The number of fused-ring (bicyclic) bond motifs is 2. The summed E-state index contributed by atoms with van der Waals surface area (Å²) in [6.45, 7) is 1.24. The van der Waals surface area contributed by atoms with E-state index in [1.807, 2.05) is 71.6 Å². The molecule has 2 heterocycles. The van der Waals surface area contributed by atoms with Gasteiger partial charge in [-0.25, -0.2) is 4.98 Å². The maximum atomic E-state index is 13.2. The number of benzene rings is 3. The smallest absolute Gasteiger partial charge is 0.255 e. The lowest BCUT2D eigenvalue weighted by Crippen LogP contribution is -2.33.